The van der Waals surface area contributed by atoms with Crippen molar-refractivity contribution in [1.82, 2.24) is 0 Å². The molecule has 25 heavy (non-hydrogen) atoms. The van der Waals surface area contributed by atoms with Gasteiger partial charge >= 0.3 is 0 Å². The summed E-state index contributed by atoms with van der Waals surface area (Å²) in [6, 6.07) is 17.9. The lowest BCUT2D eigenvalue weighted by molar-refractivity contribution is -0.116. The maximum Gasteiger partial charge on any atom is 0.225 e. The number of carbonyl (C=O) groups excluding carboxylic acids is 1. The Morgan fingerprint density at radius 1 is 1.12 bits per heavy atom. The van der Waals surface area contributed by atoms with Crippen molar-refractivity contribution < 1.29 is 9.53 Å². The number of rotatable bonds is 3. The average Bonchev–Trinajstić information content (AvgIpc) is 2.62. The van der Waals surface area contributed by atoms with Crippen molar-refractivity contribution in [1.29, 1.82) is 0 Å². The Bertz CT molecular complexity index is 967. The molecular formula is C21H18ClNO2. The van der Waals surface area contributed by atoms with Crippen LogP contribution in [0.15, 0.2) is 54.6 Å². The highest BCUT2D eigenvalue weighted by atomic mass is 35.5. The number of amides is 1. The molecule has 0 aliphatic carbocycles. The molecule has 0 radical (unpaired) electrons. The normalized spacial score (nSPS) is 16.4. The number of carbonyl (C=O) groups is 1. The van der Waals surface area contributed by atoms with Crippen LogP contribution in [-0.2, 0) is 4.79 Å². The summed E-state index contributed by atoms with van der Waals surface area (Å²) in [6.45, 7) is 2.52. The molecular weight excluding hydrogens is 334 g/mol. The summed E-state index contributed by atoms with van der Waals surface area (Å²) in [5.41, 5.74) is 2.95. The summed E-state index contributed by atoms with van der Waals surface area (Å²) in [4.78, 5) is 12.4. The number of benzene rings is 3. The summed E-state index contributed by atoms with van der Waals surface area (Å²) in [7, 11) is 0. The average molecular weight is 352 g/mol. The zero-order chi connectivity index (χ0) is 17.4. The molecule has 0 aromatic heterocycles. The molecule has 1 N–H and O–H groups in total. The van der Waals surface area contributed by atoms with Crippen LogP contribution in [-0.4, -0.2) is 12.5 Å². The van der Waals surface area contributed by atoms with Gasteiger partial charge in [-0.3, -0.25) is 4.79 Å². The third kappa shape index (κ3) is 2.85. The first-order valence-electron chi connectivity index (χ1n) is 8.41. The topological polar surface area (TPSA) is 38.3 Å². The highest BCUT2D eigenvalue weighted by molar-refractivity contribution is 6.30. The van der Waals surface area contributed by atoms with E-state index in [1.54, 1.807) is 0 Å². The van der Waals surface area contributed by atoms with Gasteiger partial charge in [-0.15, -0.1) is 0 Å². The summed E-state index contributed by atoms with van der Waals surface area (Å²) in [6.07, 6.45) is 0.381. The zero-order valence-corrected chi connectivity index (χ0v) is 14.6. The van der Waals surface area contributed by atoms with E-state index in [1.165, 1.54) is 0 Å². The largest absolute Gasteiger partial charge is 0.494 e. The standard InChI is InChI=1S/C21H18ClNO2/c1-2-25-19-10-8-14(22)11-18(19)17-12-20(24)23-21-15-6-4-3-5-13(15)7-9-16(17)21/h3-11,17H,2,12H2,1H3,(H,23,24). The molecule has 3 aromatic rings. The second-order valence-corrected chi connectivity index (χ2v) is 6.61. The minimum absolute atomic E-state index is 0.0104. The van der Waals surface area contributed by atoms with Crippen LogP contribution in [0.4, 0.5) is 5.69 Å². The molecule has 1 aliphatic heterocycles. The molecule has 4 heteroatoms. The van der Waals surface area contributed by atoms with Crippen molar-refractivity contribution in [3.63, 3.8) is 0 Å². The van der Waals surface area contributed by atoms with Crippen molar-refractivity contribution in [3.05, 3.63) is 70.7 Å². The van der Waals surface area contributed by atoms with Gasteiger partial charge in [-0.05, 0) is 36.1 Å². The van der Waals surface area contributed by atoms with Crippen molar-refractivity contribution in [2.75, 3.05) is 11.9 Å². The Kier molecular flexibility index (Phi) is 4.10. The molecule has 1 atom stereocenters. The first kappa shape index (κ1) is 16.0. The van der Waals surface area contributed by atoms with Crippen molar-refractivity contribution in [3.8, 4) is 5.75 Å². The molecule has 3 aromatic carbocycles. The Balaban J connectivity index is 1.93. The van der Waals surface area contributed by atoms with Gasteiger partial charge in [0.1, 0.15) is 5.75 Å². The van der Waals surface area contributed by atoms with Crippen LogP contribution < -0.4 is 10.1 Å². The molecule has 1 amide bonds. The smallest absolute Gasteiger partial charge is 0.225 e. The van der Waals surface area contributed by atoms with E-state index in [0.29, 0.717) is 18.1 Å². The number of hydrogen-bond donors (Lipinski definition) is 1. The predicted molar refractivity (Wildman–Crippen MR) is 102 cm³/mol. The molecule has 126 valence electrons. The van der Waals surface area contributed by atoms with E-state index >= 15 is 0 Å². The van der Waals surface area contributed by atoms with Crippen molar-refractivity contribution >= 4 is 34.0 Å². The van der Waals surface area contributed by atoms with Gasteiger partial charge in [0.25, 0.3) is 0 Å². The van der Waals surface area contributed by atoms with E-state index in [0.717, 1.165) is 33.3 Å². The number of hydrogen-bond acceptors (Lipinski definition) is 2. The van der Waals surface area contributed by atoms with Gasteiger partial charge in [-0.2, -0.15) is 0 Å². The van der Waals surface area contributed by atoms with E-state index in [-0.39, 0.29) is 11.8 Å². The minimum Gasteiger partial charge on any atom is -0.494 e. The number of nitrogens with one attached hydrogen (secondary N) is 1. The lowest BCUT2D eigenvalue weighted by Gasteiger charge is -2.28. The van der Waals surface area contributed by atoms with E-state index < -0.39 is 0 Å². The third-order valence-corrected chi connectivity index (χ3v) is 4.87. The van der Waals surface area contributed by atoms with Crippen LogP contribution in [0.3, 0.4) is 0 Å². The second-order valence-electron chi connectivity index (χ2n) is 6.17. The van der Waals surface area contributed by atoms with Crippen LogP contribution >= 0.6 is 11.6 Å². The Morgan fingerprint density at radius 2 is 1.96 bits per heavy atom. The van der Waals surface area contributed by atoms with E-state index in [1.807, 2.05) is 43.3 Å². The number of halogens is 1. The van der Waals surface area contributed by atoms with E-state index in [9.17, 15) is 4.79 Å². The molecule has 3 nitrogen and oxygen atoms in total. The molecule has 1 aliphatic rings. The molecule has 0 spiro atoms. The van der Waals surface area contributed by atoms with Crippen molar-refractivity contribution in [2.24, 2.45) is 0 Å². The molecule has 1 unspecified atom stereocenters. The first-order valence-corrected chi connectivity index (χ1v) is 8.79. The van der Waals surface area contributed by atoms with Gasteiger partial charge in [-0.1, -0.05) is 48.0 Å². The van der Waals surface area contributed by atoms with Crippen LogP contribution in [0, 0.1) is 0 Å². The summed E-state index contributed by atoms with van der Waals surface area (Å²) in [5.74, 6) is 0.718. The van der Waals surface area contributed by atoms with Gasteiger partial charge in [0.05, 0.1) is 12.3 Å². The predicted octanol–water partition coefficient (Wildman–Crippen LogP) is 5.37. The fraction of sp³-hybridized carbons (Fsp3) is 0.190. The Hall–Kier alpha value is -2.52. The minimum atomic E-state index is -0.0754. The van der Waals surface area contributed by atoms with E-state index in [2.05, 4.69) is 23.5 Å². The molecule has 0 bridgehead atoms. The second kappa shape index (κ2) is 6.41. The molecule has 4 rings (SSSR count). The molecule has 0 saturated carbocycles. The van der Waals surface area contributed by atoms with Crippen LogP contribution in [0.25, 0.3) is 10.8 Å². The Morgan fingerprint density at radius 3 is 2.80 bits per heavy atom. The quantitative estimate of drug-likeness (QED) is 0.689. The van der Waals surface area contributed by atoms with Gasteiger partial charge in [0.2, 0.25) is 5.91 Å². The molecule has 0 fully saturated rings. The maximum atomic E-state index is 12.4. The van der Waals surface area contributed by atoms with E-state index in [4.69, 9.17) is 16.3 Å². The van der Waals surface area contributed by atoms with Crippen molar-refractivity contribution in [2.45, 2.75) is 19.3 Å². The zero-order valence-electron chi connectivity index (χ0n) is 13.9. The fourth-order valence-electron chi connectivity index (χ4n) is 3.56. The highest BCUT2D eigenvalue weighted by Crippen LogP contribution is 2.44. The monoisotopic (exact) mass is 351 g/mol. The first-order chi connectivity index (χ1) is 12.2. The number of ether oxygens (including phenoxy) is 1. The third-order valence-electron chi connectivity index (χ3n) is 4.64. The van der Waals surface area contributed by atoms with Crippen LogP contribution in [0.2, 0.25) is 5.02 Å². The summed E-state index contributed by atoms with van der Waals surface area (Å²) < 4.78 is 5.79. The SMILES string of the molecule is CCOc1ccc(Cl)cc1C1CC(=O)Nc2c1ccc1ccccc21. The van der Waals surface area contributed by atoms with Gasteiger partial charge < -0.3 is 10.1 Å². The van der Waals surface area contributed by atoms with Gasteiger partial charge in [-0.25, -0.2) is 0 Å². The number of fused-ring (bicyclic) bond motifs is 3. The maximum absolute atomic E-state index is 12.4. The van der Waals surface area contributed by atoms with Crippen LogP contribution in [0.1, 0.15) is 30.4 Å². The summed E-state index contributed by atoms with van der Waals surface area (Å²) >= 11 is 6.24. The lowest BCUT2D eigenvalue weighted by Crippen LogP contribution is -2.24. The highest BCUT2D eigenvalue weighted by Gasteiger charge is 2.29. The molecule has 0 saturated heterocycles. The van der Waals surface area contributed by atoms with Crippen LogP contribution in [0.5, 0.6) is 5.75 Å². The van der Waals surface area contributed by atoms with Gasteiger partial charge in [0.15, 0.2) is 0 Å². The fourth-order valence-corrected chi connectivity index (χ4v) is 3.74. The summed E-state index contributed by atoms with van der Waals surface area (Å²) in [5, 5.41) is 5.86. The van der Waals surface area contributed by atoms with Gasteiger partial charge in [0, 0.05) is 28.3 Å². The lowest BCUT2D eigenvalue weighted by atomic mass is 9.83. The Labute approximate surface area is 151 Å². The molecule has 1 heterocycles. The number of anilines is 1.